The number of benzene rings is 1. The number of sulfonamides is 1. The molecular weight excluding hydrogens is 322 g/mol. The molecule has 0 amide bonds. The Kier molecular flexibility index (Phi) is 3.95. The van der Waals surface area contributed by atoms with Crippen LogP contribution in [0.25, 0.3) is 11.0 Å². The molecule has 0 radical (unpaired) electrons. The predicted molar refractivity (Wildman–Crippen MR) is 85.8 cm³/mol. The number of ether oxygens (including phenoxy) is 1. The van der Waals surface area contributed by atoms with Crippen LogP contribution in [-0.2, 0) is 10.0 Å². The van der Waals surface area contributed by atoms with E-state index in [-0.39, 0.29) is 15.9 Å². The molecule has 0 fully saturated rings. The second kappa shape index (κ2) is 5.90. The van der Waals surface area contributed by atoms with Crippen molar-refractivity contribution >= 4 is 38.2 Å². The highest BCUT2D eigenvalue weighted by molar-refractivity contribution is 7.94. The van der Waals surface area contributed by atoms with E-state index >= 15 is 0 Å². The topological polar surface area (TPSA) is 81.2 Å². The molecule has 3 rings (SSSR count). The fourth-order valence-electron chi connectivity index (χ4n) is 1.88. The van der Waals surface area contributed by atoms with Gasteiger partial charge in [-0.3, -0.25) is 4.72 Å². The van der Waals surface area contributed by atoms with Gasteiger partial charge in [0.05, 0.1) is 17.6 Å². The first-order valence-corrected chi connectivity index (χ1v) is 8.92. The fourth-order valence-corrected chi connectivity index (χ4v) is 3.87. The maximum atomic E-state index is 12.3. The molecule has 3 aromatic rings. The van der Waals surface area contributed by atoms with Crippen molar-refractivity contribution in [1.29, 1.82) is 0 Å². The van der Waals surface area contributed by atoms with Crippen LogP contribution in [0.5, 0.6) is 5.88 Å². The summed E-state index contributed by atoms with van der Waals surface area (Å²) in [6, 6.07) is 10.4. The minimum absolute atomic E-state index is 0.0916. The smallest absolute Gasteiger partial charge is 0.272 e. The zero-order valence-corrected chi connectivity index (χ0v) is 13.3. The lowest BCUT2D eigenvalue weighted by atomic mass is 10.3. The van der Waals surface area contributed by atoms with Gasteiger partial charge in [0.25, 0.3) is 15.9 Å². The lowest BCUT2D eigenvalue weighted by Gasteiger charge is -2.11. The van der Waals surface area contributed by atoms with Crippen molar-refractivity contribution in [1.82, 2.24) is 9.97 Å². The van der Waals surface area contributed by atoms with Gasteiger partial charge in [0.1, 0.15) is 4.21 Å². The number of para-hydroxylation sites is 2. The van der Waals surface area contributed by atoms with Crippen molar-refractivity contribution < 1.29 is 13.2 Å². The van der Waals surface area contributed by atoms with Gasteiger partial charge in [-0.15, -0.1) is 11.3 Å². The molecule has 22 heavy (non-hydrogen) atoms. The Morgan fingerprint density at radius 2 is 1.86 bits per heavy atom. The highest BCUT2D eigenvalue weighted by Gasteiger charge is 2.20. The summed E-state index contributed by atoms with van der Waals surface area (Å²) in [5.74, 6) is 0.260. The standard InChI is InChI=1S/C14H13N3O3S2/c1-2-20-14-13(15-10-6-3-4-7-11(10)16-14)17-22(18,19)12-8-5-9-21-12/h3-9H,2H2,1H3,(H,15,17). The summed E-state index contributed by atoms with van der Waals surface area (Å²) >= 11 is 1.13. The molecule has 0 aliphatic rings. The van der Waals surface area contributed by atoms with Gasteiger partial charge in [-0.2, -0.15) is 0 Å². The number of rotatable bonds is 5. The average molecular weight is 335 g/mol. The van der Waals surface area contributed by atoms with Crippen molar-refractivity contribution in [3.63, 3.8) is 0 Å². The molecule has 0 saturated carbocycles. The summed E-state index contributed by atoms with van der Waals surface area (Å²) in [5.41, 5.74) is 1.24. The van der Waals surface area contributed by atoms with Gasteiger partial charge in [-0.05, 0) is 30.5 Å². The van der Waals surface area contributed by atoms with Gasteiger partial charge in [-0.1, -0.05) is 18.2 Å². The summed E-state index contributed by atoms with van der Waals surface area (Å²) in [4.78, 5) is 8.64. The van der Waals surface area contributed by atoms with E-state index in [0.717, 1.165) is 11.3 Å². The SMILES string of the molecule is CCOc1nc2ccccc2nc1NS(=O)(=O)c1cccs1. The van der Waals surface area contributed by atoms with E-state index in [1.54, 1.807) is 30.5 Å². The van der Waals surface area contributed by atoms with Gasteiger partial charge in [0, 0.05) is 0 Å². The van der Waals surface area contributed by atoms with Crippen molar-refractivity contribution in [2.24, 2.45) is 0 Å². The Hall–Kier alpha value is -2.19. The number of nitrogens with zero attached hydrogens (tertiary/aromatic N) is 2. The molecule has 0 bridgehead atoms. The third-order valence-corrected chi connectivity index (χ3v) is 5.55. The molecule has 0 unspecified atom stereocenters. The molecule has 8 heteroatoms. The molecule has 0 spiro atoms. The molecule has 0 atom stereocenters. The Morgan fingerprint density at radius 3 is 2.50 bits per heavy atom. The van der Waals surface area contributed by atoms with Gasteiger partial charge >= 0.3 is 0 Å². The Morgan fingerprint density at radius 1 is 1.14 bits per heavy atom. The quantitative estimate of drug-likeness (QED) is 0.775. The monoisotopic (exact) mass is 335 g/mol. The van der Waals surface area contributed by atoms with Crippen LogP contribution in [-0.4, -0.2) is 25.0 Å². The number of fused-ring (bicyclic) bond motifs is 1. The molecule has 1 aromatic carbocycles. The van der Waals surface area contributed by atoms with E-state index in [2.05, 4.69) is 14.7 Å². The van der Waals surface area contributed by atoms with E-state index in [4.69, 9.17) is 4.74 Å². The number of hydrogen-bond donors (Lipinski definition) is 1. The summed E-state index contributed by atoms with van der Waals surface area (Å²) in [7, 11) is -3.69. The highest BCUT2D eigenvalue weighted by atomic mass is 32.2. The van der Waals surface area contributed by atoms with E-state index < -0.39 is 10.0 Å². The third kappa shape index (κ3) is 2.88. The van der Waals surface area contributed by atoms with Crippen LogP contribution in [0.1, 0.15) is 6.92 Å². The summed E-state index contributed by atoms with van der Waals surface area (Å²) in [6.45, 7) is 2.16. The van der Waals surface area contributed by atoms with Crippen molar-refractivity contribution in [2.75, 3.05) is 11.3 Å². The average Bonchev–Trinajstić information content (AvgIpc) is 3.03. The molecular formula is C14H13N3O3S2. The Balaban J connectivity index is 2.07. The molecule has 0 aliphatic heterocycles. The number of nitrogens with one attached hydrogen (secondary N) is 1. The summed E-state index contributed by atoms with van der Waals surface area (Å²) < 4.78 is 32.7. The van der Waals surface area contributed by atoms with Crippen molar-refractivity contribution in [3.8, 4) is 5.88 Å². The van der Waals surface area contributed by atoms with Crippen LogP contribution < -0.4 is 9.46 Å². The van der Waals surface area contributed by atoms with Crippen molar-refractivity contribution in [3.05, 3.63) is 41.8 Å². The number of hydrogen-bond acceptors (Lipinski definition) is 6. The van der Waals surface area contributed by atoms with Crippen LogP contribution >= 0.6 is 11.3 Å². The molecule has 114 valence electrons. The zero-order chi connectivity index (χ0) is 15.6. The number of anilines is 1. The number of aromatic nitrogens is 2. The van der Waals surface area contributed by atoms with Crippen LogP contribution in [0.4, 0.5) is 5.82 Å². The largest absolute Gasteiger partial charge is 0.475 e. The number of thiophene rings is 1. The lowest BCUT2D eigenvalue weighted by Crippen LogP contribution is -2.14. The van der Waals surface area contributed by atoms with Gasteiger partial charge in [0.15, 0.2) is 0 Å². The van der Waals surface area contributed by atoms with Crippen LogP contribution in [0, 0.1) is 0 Å². The van der Waals surface area contributed by atoms with E-state index in [9.17, 15) is 8.42 Å². The predicted octanol–water partition coefficient (Wildman–Crippen LogP) is 2.89. The minimum Gasteiger partial charge on any atom is -0.475 e. The second-order valence-electron chi connectivity index (χ2n) is 4.34. The third-order valence-electron chi connectivity index (χ3n) is 2.81. The second-order valence-corrected chi connectivity index (χ2v) is 7.19. The normalized spacial score (nSPS) is 11.5. The summed E-state index contributed by atoms with van der Waals surface area (Å²) in [6.07, 6.45) is 0. The molecule has 1 N–H and O–H groups in total. The molecule has 0 saturated heterocycles. The van der Waals surface area contributed by atoms with Gasteiger partial charge in [0.2, 0.25) is 5.82 Å². The Bertz CT molecular complexity index is 893. The Labute approximate surface area is 131 Å². The molecule has 6 nitrogen and oxygen atoms in total. The molecule has 2 aromatic heterocycles. The van der Waals surface area contributed by atoms with Crippen molar-refractivity contribution in [2.45, 2.75) is 11.1 Å². The maximum absolute atomic E-state index is 12.3. The first kappa shape index (κ1) is 14.7. The molecule has 2 heterocycles. The van der Waals surface area contributed by atoms with Gasteiger partial charge < -0.3 is 4.74 Å². The van der Waals surface area contributed by atoms with E-state index in [0.29, 0.717) is 17.6 Å². The maximum Gasteiger partial charge on any atom is 0.272 e. The van der Waals surface area contributed by atoms with Crippen LogP contribution in [0.15, 0.2) is 46.0 Å². The first-order chi connectivity index (χ1) is 10.6. The van der Waals surface area contributed by atoms with E-state index in [1.165, 1.54) is 6.07 Å². The highest BCUT2D eigenvalue weighted by Crippen LogP contribution is 2.27. The lowest BCUT2D eigenvalue weighted by molar-refractivity contribution is 0.329. The summed E-state index contributed by atoms with van der Waals surface area (Å²) in [5, 5.41) is 1.70. The fraction of sp³-hybridized carbons (Fsp3) is 0.143. The zero-order valence-electron chi connectivity index (χ0n) is 11.7. The first-order valence-electron chi connectivity index (χ1n) is 6.56. The minimum atomic E-state index is -3.69. The van der Waals surface area contributed by atoms with Gasteiger partial charge in [-0.25, -0.2) is 18.4 Å². The molecule has 0 aliphatic carbocycles. The van der Waals surface area contributed by atoms with Crippen LogP contribution in [0.3, 0.4) is 0 Å². The van der Waals surface area contributed by atoms with Crippen LogP contribution in [0.2, 0.25) is 0 Å². The van der Waals surface area contributed by atoms with E-state index in [1.807, 2.05) is 12.1 Å².